The van der Waals surface area contributed by atoms with Gasteiger partial charge in [0.05, 0.1) is 19.9 Å². The van der Waals surface area contributed by atoms with Crippen LogP contribution in [0.15, 0.2) is 23.0 Å². The van der Waals surface area contributed by atoms with E-state index >= 15 is 0 Å². The van der Waals surface area contributed by atoms with Gasteiger partial charge in [-0.05, 0) is 30.5 Å². The van der Waals surface area contributed by atoms with Crippen molar-refractivity contribution in [1.82, 2.24) is 14.9 Å². The van der Waals surface area contributed by atoms with Gasteiger partial charge in [0, 0.05) is 37.7 Å². The molecule has 25 heavy (non-hydrogen) atoms. The summed E-state index contributed by atoms with van der Waals surface area (Å²) in [5.41, 5.74) is 2.89. The first-order chi connectivity index (χ1) is 12.1. The number of nitrogens with zero attached hydrogens (tertiary/aromatic N) is 2. The van der Waals surface area contributed by atoms with Crippen LogP contribution in [0.3, 0.4) is 0 Å². The van der Waals surface area contributed by atoms with Crippen LogP contribution in [0.1, 0.15) is 36.0 Å². The lowest BCUT2D eigenvalue weighted by atomic mass is 10.1. The number of aromatic amines is 1. The quantitative estimate of drug-likeness (QED) is 0.872. The molecule has 2 heterocycles. The van der Waals surface area contributed by atoms with Gasteiger partial charge in [0.2, 0.25) is 0 Å². The van der Waals surface area contributed by atoms with Gasteiger partial charge in [0.25, 0.3) is 5.56 Å². The van der Waals surface area contributed by atoms with E-state index in [0.717, 1.165) is 66.5 Å². The first-order valence-electron chi connectivity index (χ1n) is 8.68. The number of hydrogen-bond acceptors (Lipinski definition) is 5. The fourth-order valence-corrected chi connectivity index (χ4v) is 3.25. The number of methoxy groups -OCH3 is 2. The maximum Gasteiger partial charge on any atom is 0.254 e. The second-order valence-electron chi connectivity index (χ2n) is 6.37. The molecule has 3 rings (SSSR count). The maximum absolute atomic E-state index is 12.2. The van der Waals surface area contributed by atoms with Gasteiger partial charge in [0.15, 0.2) is 0 Å². The Morgan fingerprint density at radius 2 is 1.92 bits per heavy atom. The zero-order chi connectivity index (χ0) is 17.8. The van der Waals surface area contributed by atoms with Gasteiger partial charge >= 0.3 is 0 Å². The molecule has 1 aromatic carbocycles. The zero-order valence-corrected chi connectivity index (χ0v) is 15.1. The first-order valence-corrected chi connectivity index (χ1v) is 8.68. The van der Waals surface area contributed by atoms with Crippen LogP contribution < -0.4 is 15.0 Å². The molecule has 0 aliphatic carbocycles. The molecule has 1 aromatic heterocycles. The van der Waals surface area contributed by atoms with Crippen molar-refractivity contribution in [2.24, 2.45) is 0 Å². The van der Waals surface area contributed by atoms with Crippen LogP contribution in [-0.4, -0.2) is 35.6 Å². The van der Waals surface area contributed by atoms with Crippen LogP contribution in [0.4, 0.5) is 0 Å². The highest BCUT2D eigenvalue weighted by Crippen LogP contribution is 2.25. The predicted octanol–water partition coefficient (Wildman–Crippen LogP) is 2.30. The molecule has 0 fully saturated rings. The minimum absolute atomic E-state index is 0.0242. The Balaban J connectivity index is 1.80. The highest BCUT2D eigenvalue weighted by molar-refractivity contribution is 5.38. The number of rotatable bonds is 6. The lowest BCUT2D eigenvalue weighted by molar-refractivity contribution is 0.239. The highest BCUT2D eigenvalue weighted by atomic mass is 16.5. The molecule has 0 amide bonds. The lowest BCUT2D eigenvalue weighted by Gasteiger charge is -2.28. The molecule has 0 saturated heterocycles. The molecule has 134 valence electrons. The van der Waals surface area contributed by atoms with Gasteiger partial charge in [0.1, 0.15) is 17.3 Å². The Hall–Kier alpha value is -2.34. The average molecular weight is 343 g/mol. The van der Waals surface area contributed by atoms with Gasteiger partial charge in [-0.1, -0.05) is 6.92 Å². The molecule has 6 heteroatoms. The summed E-state index contributed by atoms with van der Waals surface area (Å²) in [5.74, 6) is 2.36. The maximum atomic E-state index is 12.2. The monoisotopic (exact) mass is 343 g/mol. The summed E-state index contributed by atoms with van der Waals surface area (Å²) >= 11 is 0. The third-order valence-corrected chi connectivity index (χ3v) is 4.51. The number of aryl methyl sites for hydroxylation is 1. The molecular weight excluding hydrogens is 318 g/mol. The van der Waals surface area contributed by atoms with Crippen molar-refractivity contribution in [2.75, 3.05) is 20.8 Å². The molecule has 1 N–H and O–H groups in total. The highest BCUT2D eigenvalue weighted by Gasteiger charge is 2.21. The van der Waals surface area contributed by atoms with Crippen molar-refractivity contribution in [3.8, 4) is 11.5 Å². The van der Waals surface area contributed by atoms with E-state index in [1.165, 1.54) is 0 Å². The number of H-pyrrole nitrogens is 1. The van der Waals surface area contributed by atoms with E-state index in [-0.39, 0.29) is 5.56 Å². The molecule has 0 spiro atoms. The Morgan fingerprint density at radius 1 is 1.20 bits per heavy atom. The Kier molecular flexibility index (Phi) is 5.38. The molecule has 0 radical (unpaired) electrons. The molecule has 2 aromatic rings. The van der Waals surface area contributed by atoms with Crippen molar-refractivity contribution < 1.29 is 9.47 Å². The van der Waals surface area contributed by atoms with E-state index < -0.39 is 0 Å². The molecule has 6 nitrogen and oxygen atoms in total. The minimum atomic E-state index is 0.0242. The third kappa shape index (κ3) is 4.02. The van der Waals surface area contributed by atoms with Gasteiger partial charge in [-0.15, -0.1) is 0 Å². The van der Waals surface area contributed by atoms with Crippen molar-refractivity contribution in [3.63, 3.8) is 0 Å². The molecule has 0 saturated carbocycles. The molecule has 0 bridgehead atoms. The summed E-state index contributed by atoms with van der Waals surface area (Å²) < 4.78 is 10.7. The van der Waals surface area contributed by atoms with E-state index in [0.29, 0.717) is 6.54 Å². The number of hydrogen-bond donors (Lipinski definition) is 1. The molecule has 0 atom stereocenters. The largest absolute Gasteiger partial charge is 0.497 e. The van der Waals surface area contributed by atoms with E-state index in [2.05, 4.69) is 21.8 Å². The van der Waals surface area contributed by atoms with Crippen molar-refractivity contribution in [1.29, 1.82) is 0 Å². The summed E-state index contributed by atoms with van der Waals surface area (Å²) in [5, 5.41) is 0. The number of nitrogens with one attached hydrogen (secondary N) is 1. The van der Waals surface area contributed by atoms with Crippen molar-refractivity contribution in [2.45, 2.75) is 39.3 Å². The van der Waals surface area contributed by atoms with E-state index in [4.69, 9.17) is 9.47 Å². The van der Waals surface area contributed by atoms with Gasteiger partial charge in [-0.3, -0.25) is 9.69 Å². The van der Waals surface area contributed by atoms with Gasteiger partial charge in [-0.25, -0.2) is 4.98 Å². The van der Waals surface area contributed by atoms with E-state index in [1.54, 1.807) is 14.2 Å². The zero-order valence-electron chi connectivity index (χ0n) is 15.1. The van der Waals surface area contributed by atoms with Gasteiger partial charge < -0.3 is 14.5 Å². The fraction of sp³-hybridized carbons (Fsp3) is 0.474. The van der Waals surface area contributed by atoms with Crippen LogP contribution >= 0.6 is 0 Å². The first kappa shape index (κ1) is 17.5. The molecule has 0 unspecified atom stereocenters. The Morgan fingerprint density at radius 3 is 2.56 bits per heavy atom. The summed E-state index contributed by atoms with van der Waals surface area (Å²) in [6.07, 6.45) is 2.50. The standard InChI is InChI=1S/C19H25N3O3/c1-4-5-18-20-17-12-22(7-6-16(17)19(23)21-18)11-13-8-14(24-2)10-15(9-13)25-3/h8-10H,4-7,11-12H2,1-3H3,(H,20,21,23). The van der Waals surface area contributed by atoms with Crippen LogP contribution in [0.25, 0.3) is 0 Å². The summed E-state index contributed by atoms with van der Waals surface area (Å²) in [6.45, 7) is 4.38. The summed E-state index contributed by atoms with van der Waals surface area (Å²) in [4.78, 5) is 22.1. The van der Waals surface area contributed by atoms with Crippen molar-refractivity contribution >= 4 is 0 Å². The van der Waals surface area contributed by atoms with Crippen LogP contribution in [0.5, 0.6) is 11.5 Å². The minimum Gasteiger partial charge on any atom is -0.497 e. The van der Waals surface area contributed by atoms with Crippen LogP contribution in [0.2, 0.25) is 0 Å². The van der Waals surface area contributed by atoms with E-state index in [9.17, 15) is 4.79 Å². The number of benzene rings is 1. The Labute approximate surface area is 147 Å². The summed E-state index contributed by atoms with van der Waals surface area (Å²) in [7, 11) is 3.31. The Bertz CT molecular complexity index is 779. The predicted molar refractivity (Wildman–Crippen MR) is 96.2 cm³/mol. The van der Waals surface area contributed by atoms with Crippen LogP contribution in [0, 0.1) is 0 Å². The smallest absolute Gasteiger partial charge is 0.254 e. The molecule has 1 aliphatic rings. The van der Waals surface area contributed by atoms with Crippen molar-refractivity contribution in [3.05, 3.63) is 51.2 Å². The van der Waals surface area contributed by atoms with E-state index in [1.807, 2.05) is 18.2 Å². The number of fused-ring (bicyclic) bond motifs is 1. The molecule has 1 aliphatic heterocycles. The topological polar surface area (TPSA) is 67.5 Å². The average Bonchev–Trinajstić information content (AvgIpc) is 2.61. The third-order valence-electron chi connectivity index (χ3n) is 4.51. The lowest BCUT2D eigenvalue weighted by Crippen LogP contribution is -2.35. The molecular formula is C19H25N3O3. The van der Waals surface area contributed by atoms with Crippen LogP contribution in [-0.2, 0) is 25.9 Å². The second-order valence-corrected chi connectivity index (χ2v) is 6.37. The summed E-state index contributed by atoms with van der Waals surface area (Å²) in [6, 6.07) is 5.91. The second kappa shape index (κ2) is 7.70. The SMILES string of the molecule is CCCc1nc2c(c(=O)[nH]1)CCN(Cc1cc(OC)cc(OC)c1)C2. The van der Waals surface area contributed by atoms with Gasteiger partial charge in [-0.2, -0.15) is 0 Å². The fourth-order valence-electron chi connectivity index (χ4n) is 3.25. The number of aromatic nitrogens is 2. The normalized spacial score (nSPS) is 14.2. The number of ether oxygens (including phenoxy) is 2.